The van der Waals surface area contributed by atoms with Crippen molar-refractivity contribution in [3.05, 3.63) is 30.1 Å². The van der Waals surface area contributed by atoms with Crippen molar-refractivity contribution in [2.45, 2.75) is 37.8 Å². The van der Waals surface area contributed by atoms with E-state index in [1.54, 1.807) is 24.5 Å². The summed E-state index contributed by atoms with van der Waals surface area (Å²) in [5.41, 5.74) is 6.62. The lowest BCUT2D eigenvalue weighted by Crippen LogP contribution is -2.49. The van der Waals surface area contributed by atoms with Crippen molar-refractivity contribution in [3.8, 4) is 0 Å². The third-order valence-electron chi connectivity index (χ3n) is 3.08. The van der Waals surface area contributed by atoms with Gasteiger partial charge in [0.1, 0.15) is 0 Å². The summed E-state index contributed by atoms with van der Waals surface area (Å²) >= 11 is 0. The molecule has 1 aromatic rings. The van der Waals surface area contributed by atoms with Crippen LogP contribution in [0.25, 0.3) is 0 Å². The molecule has 1 amide bonds. The second kappa shape index (κ2) is 5.07. The van der Waals surface area contributed by atoms with Crippen molar-refractivity contribution in [1.82, 2.24) is 10.3 Å². The Balaban J connectivity index is 1.96. The van der Waals surface area contributed by atoms with Crippen LogP contribution in [0.5, 0.6) is 0 Å². The maximum Gasteiger partial charge on any atom is 0.251 e. The molecule has 2 unspecified atom stereocenters. The molecule has 0 aromatic carbocycles. The number of aromatic nitrogens is 1. The summed E-state index contributed by atoms with van der Waals surface area (Å²) in [6, 6.07) is 3.64. The van der Waals surface area contributed by atoms with Crippen molar-refractivity contribution in [1.29, 1.82) is 0 Å². The molecular formula is C12H17N3O. The number of nitrogens with two attached hydrogens (primary N) is 1. The van der Waals surface area contributed by atoms with Crippen LogP contribution in [0.3, 0.4) is 0 Å². The van der Waals surface area contributed by atoms with Gasteiger partial charge in [0.15, 0.2) is 0 Å². The van der Waals surface area contributed by atoms with Crippen LogP contribution in [0.4, 0.5) is 0 Å². The molecule has 0 spiro atoms. The number of amides is 1. The predicted octanol–water partition coefficient (Wildman–Crippen LogP) is 1.08. The topological polar surface area (TPSA) is 68.0 Å². The maximum absolute atomic E-state index is 11.9. The van der Waals surface area contributed by atoms with E-state index in [-0.39, 0.29) is 18.0 Å². The molecule has 1 heterocycles. The van der Waals surface area contributed by atoms with Gasteiger partial charge in [0.05, 0.1) is 0 Å². The molecule has 1 fully saturated rings. The molecule has 1 saturated carbocycles. The lowest BCUT2D eigenvalue weighted by Gasteiger charge is -2.29. The Labute approximate surface area is 95.3 Å². The van der Waals surface area contributed by atoms with Gasteiger partial charge >= 0.3 is 0 Å². The van der Waals surface area contributed by atoms with Gasteiger partial charge in [-0.1, -0.05) is 12.8 Å². The molecule has 0 radical (unpaired) electrons. The first-order valence-corrected chi connectivity index (χ1v) is 5.74. The quantitative estimate of drug-likeness (QED) is 0.782. The van der Waals surface area contributed by atoms with Crippen LogP contribution < -0.4 is 11.1 Å². The van der Waals surface area contributed by atoms with E-state index >= 15 is 0 Å². The molecule has 0 bridgehead atoms. The average molecular weight is 219 g/mol. The number of nitrogens with zero attached hydrogens (tertiary/aromatic N) is 1. The van der Waals surface area contributed by atoms with Crippen LogP contribution >= 0.6 is 0 Å². The van der Waals surface area contributed by atoms with E-state index in [9.17, 15) is 4.79 Å². The van der Waals surface area contributed by atoms with E-state index < -0.39 is 0 Å². The zero-order valence-electron chi connectivity index (χ0n) is 9.23. The Kier molecular flexibility index (Phi) is 3.51. The fraction of sp³-hybridized carbons (Fsp3) is 0.500. The van der Waals surface area contributed by atoms with Crippen LogP contribution in [-0.2, 0) is 0 Å². The van der Waals surface area contributed by atoms with Crippen LogP contribution in [-0.4, -0.2) is 23.0 Å². The van der Waals surface area contributed by atoms with Gasteiger partial charge in [0, 0.05) is 30.0 Å². The van der Waals surface area contributed by atoms with Gasteiger partial charge in [-0.3, -0.25) is 9.78 Å². The average Bonchev–Trinajstić information content (AvgIpc) is 2.33. The monoisotopic (exact) mass is 219 g/mol. The largest absolute Gasteiger partial charge is 0.348 e. The van der Waals surface area contributed by atoms with Crippen LogP contribution in [0.1, 0.15) is 36.0 Å². The fourth-order valence-electron chi connectivity index (χ4n) is 2.09. The van der Waals surface area contributed by atoms with Gasteiger partial charge in [0.2, 0.25) is 0 Å². The Morgan fingerprint density at radius 2 is 2.00 bits per heavy atom. The molecule has 0 saturated heterocycles. The van der Waals surface area contributed by atoms with E-state index in [1.807, 2.05) is 0 Å². The normalized spacial score (nSPS) is 25.1. The van der Waals surface area contributed by atoms with Crippen molar-refractivity contribution in [2.24, 2.45) is 5.73 Å². The molecule has 86 valence electrons. The molecular weight excluding hydrogens is 202 g/mol. The van der Waals surface area contributed by atoms with E-state index in [1.165, 1.54) is 6.42 Å². The molecule has 1 aliphatic rings. The summed E-state index contributed by atoms with van der Waals surface area (Å²) in [5, 5.41) is 2.99. The smallest absolute Gasteiger partial charge is 0.251 e. The number of hydrogen-bond donors (Lipinski definition) is 2. The van der Waals surface area contributed by atoms with Gasteiger partial charge in [0.25, 0.3) is 5.91 Å². The van der Waals surface area contributed by atoms with Crippen molar-refractivity contribution in [2.75, 3.05) is 0 Å². The minimum Gasteiger partial charge on any atom is -0.348 e. The van der Waals surface area contributed by atoms with E-state index in [0.29, 0.717) is 5.56 Å². The summed E-state index contributed by atoms with van der Waals surface area (Å²) in [5.74, 6) is -0.0512. The van der Waals surface area contributed by atoms with E-state index in [4.69, 9.17) is 5.73 Å². The Morgan fingerprint density at radius 1 is 1.31 bits per heavy atom. The molecule has 4 nitrogen and oxygen atoms in total. The van der Waals surface area contributed by atoms with Gasteiger partial charge in [-0.25, -0.2) is 0 Å². The highest BCUT2D eigenvalue weighted by atomic mass is 16.1. The molecule has 0 aliphatic heterocycles. The minimum atomic E-state index is -0.0512. The Morgan fingerprint density at radius 3 is 2.69 bits per heavy atom. The van der Waals surface area contributed by atoms with Gasteiger partial charge in [-0.2, -0.15) is 0 Å². The van der Waals surface area contributed by atoms with Crippen molar-refractivity contribution in [3.63, 3.8) is 0 Å². The van der Waals surface area contributed by atoms with Crippen molar-refractivity contribution < 1.29 is 4.79 Å². The molecule has 4 heteroatoms. The minimum absolute atomic E-state index is 0.0512. The zero-order valence-corrected chi connectivity index (χ0v) is 9.23. The highest BCUT2D eigenvalue weighted by Crippen LogP contribution is 2.17. The van der Waals surface area contributed by atoms with Crippen LogP contribution in [0.15, 0.2) is 24.5 Å². The maximum atomic E-state index is 11.9. The van der Waals surface area contributed by atoms with Gasteiger partial charge < -0.3 is 11.1 Å². The molecule has 1 aliphatic carbocycles. The van der Waals surface area contributed by atoms with Gasteiger partial charge in [-0.15, -0.1) is 0 Å². The molecule has 16 heavy (non-hydrogen) atoms. The molecule has 2 atom stereocenters. The highest BCUT2D eigenvalue weighted by molar-refractivity contribution is 5.94. The summed E-state index contributed by atoms with van der Waals surface area (Å²) in [6.45, 7) is 0. The second-order valence-corrected chi connectivity index (χ2v) is 4.26. The molecule has 2 rings (SSSR count). The highest BCUT2D eigenvalue weighted by Gasteiger charge is 2.23. The molecule has 3 N–H and O–H groups in total. The summed E-state index contributed by atoms with van der Waals surface area (Å²) in [4.78, 5) is 15.7. The first-order valence-electron chi connectivity index (χ1n) is 5.74. The van der Waals surface area contributed by atoms with Crippen molar-refractivity contribution >= 4 is 5.91 Å². The van der Waals surface area contributed by atoms with E-state index in [2.05, 4.69) is 10.3 Å². The van der Waals surface area contributed by atoms with Crippen LogP contribution in [0.2, 0.25) is 0 Å². The number of hydrogen-bond acceptors (Lipinski definition) is 3. The van der Waals surface area contributed by atoms with Gasteiger partial charge in [-0.05, 0) is 25.0 Å². The molecule has 1 aromatic heterocycles. The number of carbonyl (C=O) groups excluding carboxylic acids is 1. The predicted molar refractivity (Wildman–Crippen MR) is 61.9 cm³/mol. The fourth-order valence-corrected chi connectivity index (χ4v) is 2.09. The van der Waals surface area contributed by atoms with Crippen LogP contribution in [0, 0.1) is 0 Å². The number of pyridine rings is 1. The summed E-state index contributed by atoms with van der Waals surface area (Å²) < 4.78 is 0. The standard InChI is InChI=1S/C12H17N3O/c13-10-3-1-2-4-11(10)15-12(16)9-5-7-14-8-6-9/h5-8,10-11H,1-4,13H2,(H,15,16). The lowest BCUT2D eigenvalue weighted by atomic mass is 9.91. The summed E-state index contributed by atoms with van der Waals surface area (Å²) in [6.07, 6.45) is 7.54. The first kappa shape index (κ1) is 11.1. The first-order chi connectivity index (χ1) is 7.77. The lowest BCUT2D eigenvalue weighted by molar-refractivity contribution is 0.0921. The SMILES string of the molecule is NC1CCCCC1NC(=O)c1ccncc1. The summed E-state index contributed by atoms with van der Waals surface area (Å²) in [7, 11) is 0. The number of nitrogens with one attached hydrogen (secondary N) is 1. The second-order valence-electron chi connectivity index (χ2n) is 4.26. The number of rotatable bonds is 2. The van der Waals surface area contributed by atoms with E-state index in [0.717, 1.165) is 19.3 Å². The Bertz CT molecular complexity index is 353. The third kappa shape index (κ3) is 2.58. The number of carbonyl (C=O) groups is 1. The Hall–Kier alpha value is -1.42. The zero-order chi connectivity index (χ0) is 11.4. The third-order valence-corrected chi connectivity index (χ3v) is 3.08.